The number of anilines is 3. The molecule has 0 bridgehead atoms. The summed E-state index contributed by atoms with van der Waals surface area (Å²) < 4.78 is 45.0. The van der Waals surface area contributed by atoms with Crippen molar-refractivity contribution in [3.05, 3.63) is 18.5 Å². The SMILES string of the molecule is COc1nc(NCCS(C)(=O)=O)ccc1Nc1ncnc(OC2CCN(C(=O)OC(C)C)CC2)c1OC. The highest BCUT2D eigenvalue weighted by Crippen LogP contribution is 2.36. The Morgan fingerprint density at radius 3 is 2.49 bits per heavy atom. The normalized spacial score (nSPS) is 14.3. The first-order chi connectivity index (χ1) is 17.6. The van der Waals surface area contributed by atoms with Crippen LogP contribution in [0, 0.1) is 0 Å². The molecule has 0 aliphatic carbocycles. The number of likely N-dealkylation sites (tertiary alicyclic amines) is 1. The number of aromatic nitrogens is 3. The molecule has 2 aromatic heterocycles. The largest absolute Gasteiger partial charge is 0.489 e. The molecule has 0 radical (unpaired) electrons. The lowest BCUT2D eigenvalue weighted by molar-refractivity contribution is 0.0500. The molecular weight excluding hydrogens is 504 g/mol. The summed E-state index contributed by atoms with van der Waals surface area (Å²) in [6.45, 7) is 4.89. The number of rotatable bonds is 11. The average molecular weight is 539 g/mol. The molecule has 1 aliphatic heterocycles. The van der Waals surface area contributed by atoms with Crippen molar-refractivity contribution in [2.75, 3.05) is 56.5 Å². The number of carbonyl (C=O) groups excluding carboxylic acids is 1. The molecule has 13 nitrogen and oxygen atoms in total. The van der Waals surface area contributed by atoms with Crippen LogP contribution in [0.4, 0.5) is 22.1 Å². The van der Waals surface area contributed by atoms with Gasteiger partial charge < -0.3 is 34.5 Å². The molecule has 1 amide bonds. The number of methoxy groups -OCH3 is 2. The molecule has 3 rings (SSSR count). The van der Waals surface area contributed by atoms with Crippen LogP contribution in [0.15, 0.2) is 18.5 Å². The van der Waals surface area contributed by atoms with E-state index in [-0.39, 0.29) is 42.4 Å². The second-order valence-corrected chi connectivity index (χ2v) is 11.0. The van der Waals surface area contributed by atoms with E-state index in [0.717, 1.165) is 0 Å². The van der Waals surface area contributed by atoms with Crippen molar-refractivity contribution in [2.45, 2.75) is 38.9 Å². The summed E-state index contributed by atoms with van der Waals surface area (Å²) in [7, 11) is -0.123. The Morgan fingerprint density at radius 2 is 1.86 bits per heavy atom. The Hall–Kier alpha value is -3.55. The van der Waals surface area contributed by atoms with Crippen molar-refractivity contribution >= 4 is 33.3 Å². The summed E-state index contributed by atoms with van der Waals surface area (Å²) in [6.07, 6.45) is 3.13. The summed E-state index contributed by atoms with van der Waals surface area (Å²) >= 11 is 0. The maximum absolute atomic E-state index is 12.1. The maximum atomic E-state index is 12.1. The Bertz CT molecular complexity index is 1170. The minimum atomic E-state index is -3.09. The average Bonchev–Trinajstić information content (AvgIpc) is 2.84. The fourth-order valence-electron chi connectivity index (χ4n) is 3.59. The van der Waals surface area contributed by atoms with Gasteiger partial charge in [0.1, 0.15) is 33.8 Å². The smallest absolute Gasteiger partial charge is 0.410 e. The molecule has 0 spiro atoms. The third kappa shape index (κ3) is 8.23. The Kier molecular flexibility index (Phi) is 9.55. The van der Waals surface area contributed by atoms with Crippen molar-refractivity contribution in [3.8, 4) is 17.5 Å². The number of ether oxygens (including phenoxy) is 4. The number of nitrogens with one attached hydrogen (secondary N) is 2. The summed E-state index contributed by atoms with van der Waals surface area (Å²) in [5, 5.41) is 6.09. The van der Waals surface area contributed by atoms with Gasteiger partial charge in [0.25, 0.3) is 5.88 Å². The van der Waals surface area contributed by atoms with E-state index in [2.05, 4.69) is 25.6 Å². The lowest BCUT2D eigenvalue weighted by Gasteiger charge is -2.31. The molecule has 1 fully saturated rings. The van der Waals surface area contributed by atoms with Gasteiger partial charge in [-0.25, -0.2) is 18.2 Å². The van der Waals surface area contributed by atoms with Gasteiger partial charge in [0.15, 0.2) is 5.82 Å². The number of hydrogen-bond donors (Lipinski definition) is 2. The standard InChI is InChI=1S/C23H34N6O7S/c1-15(2)35-23(30)29-11-8-16(9-12-29)36-22-19(33-3)20(25-14-26-22)27-17-6-7-18(28-21(17)34-4)24-10-13-37(5,31)32/h6-7,14-16H,8-13H2,1-5H3,(H,24,28)(H,25,26,27). The van der Waals surface area contributed by atoms with Gasteiger partial charge in [-0.15, -0.1) is 0 Å². The van der Waals surface area contributed by atoms with Gasteiger partial charge in [-0.1, -0.05) is 0 Å². The van der Waals surface area contributed by atoms with E-state index < -0.39 is 9.84 Å². The van der Waals surface area contributed by atoms with E-state index in [1.165, 1.54) is 26.8 Å². The third-order valence-corrected chi connectivity index (χ3v) is 6.32. The highest BCUT2D eigenvalue weighted by atomic mass is 32.2. The molecule has 37 heavy (non-hydrogen) atoms. The molecule has 1 saturated heterocycles. The number of amides is 1. The van der Waals surface area contributed by atoms with Crippen LogP contribution in [-0.2, 0) is 14.6 Å². The first kappa shape index (κ1) is 28.0. The lowest BCUT2D eigenvalue weighted by atomic mass is 10.1. The zero-order valence-corrected chi connectivity index (χ0v) is 22.5. The number of hydrogen-bond acceptors (Lipinski definition) is 12. The second-order valence-electron chi connectivity index (χ2n) is 8.73. The third-order valence-electron chi connectivity index (χ3n) is 5.38. The maximum Gasteiger partial charge on any atom is 0.410 e. The number of carbonyl (C=O) groups is 1. The van der Waals surface area contributed by atoms with Crippen LogP contribution in [0.25, 0.3) is 0 Å². The molecule has 204 valence electrons. The van der Waals surface area contributed by atoms with Crippen LogP contribution in [0.2, 0.25) is 0 Å². The summed E-state index contributed by atoms with van der Waals surface area (Å²) in [5.74, 6) is 1.65. The Balaban J connectivity index is 1.67. The fourth-order valence-corrected chi connectivity index (χ4v) is 4.06. The topological polar surface area (TPSA) is 154 Å². The molecular formula is C23H34N6O7S. The van der Waals surface area contributed by atoms with Crippen molar-refractivity contribution in [1.82, 2.24) is 19.9 Å². The van der Waals surface area contributed by atoms with Gasteiger partial charge in [0.05, 0.1) is 26.1 Å². The van der Waals surface area contributed by atoms with Gasteiger partial charge in [0.2, 0.25) is 11.6 Å². The van der Waals surface area contributed by atoms with Crippen LogP contribution < -0.4 is 24.8 Å². The van der Waals surface area contributed by atoms with Crippen LogP contribution in [-0.4, -0.2) is 92.4 Å². The van der Waals surface area contributed by atoms with Crippen LogP contribution >= 0.6 is 0 Å². The predicted octanol–water partition coefficient (Wildman–Crippen LogP) is 2.48. The quantitative estimate of drug-likeness (QED) is 0.432. The number of pyridine rings is 1. The van der Waals surface area contributed by atoms with Gasteiger partial charge in [-0.2, -0.15) is 9.97 Å². The fraction of sp³-hybridized carbons (Fsp3) is 0.565. The van der Waals surface area contributed by atoms with E-state index >= 15 is 0 Å². The van der Waals surface area contributed by atoms with Gasteiger partial charge >= 0.3 is 6.09 Å². The molecule has 0 unspecified atom stereocenters. The van der Waals surface area contributed by atoms with Gasteiger partial charge in [-0.05, 0) is 26.0 Å². The molecule has 3 heterocycles. The number of sulfone groups is 1. The zero-order valence-electron chi connectivity index (χ0n) is 21.7. The Morgan fingerprint density at radius 1 is 1.14 bits per heavy atom. The lowest BCUT2D eigenvalue weighted by Crippen LogP contribution is -2.42. The van der Waals surface area contributed by atoms with Gasteiger partial charge in [-0.3, -0.25) is 0 Å². The van der Waals surface area contributed by atoms with Crippen molar-refractivity contribution in [1.29, 1.82) is 0 Å². The van der Waals surface area contributed by atoms with E-state index in [9.17, 15) is 13.2 Å². The number of nitrogens with zero attached hydrogens (tertiary/aromatic N) is 4. The summed E-state index contributed by atoms with van der Waals surface area (Å²) in [6, 6.07) is 3.42. The molecule has 0 aromatic carbocycles. The predicted molar refractivity (Wildman–Crippen MR) is 138 cm³/mol. The zero-order chi connectivity index (χ0) is 27.0. The Labute approximate surface area is 216 Å². The molecule has 2 N–H and O–H groups in total. The molecule has 0 atom stereocenters. The van der Waals surface area contributed by atoms with E-state index in [1.807, 2.05) is 13.8 Å². The molecule has 2 aromatic rings. The van der Waals surface area contributed by atoms with Crippen LogP contribution in [0.3, 0.4) is 0 Å². The van der Waals surface area contributed by atoms with Crippen LogP contribution in [0.5, 0.6) is 17.5 Å². The second kappa shape index (κ2) is 12.6. The van der Waals surface area contributed by atoms with Gasteiger partial charge in [0, 0.05) is 38.7 Å². The van der Waals surface area contributed by atoms with Crippen molar-refractivity contribution < 1.29 is 32.2 Å². The molecule has 0 saturated carbocycles. The number of piperidine rings is 1. The minimum Gasteiger partial charge on any atom is -0.489 e. The molecule has 1 aliphatic rings. The monoisotopic (exact) mass is 538 g/mol. The highest BCUT2D eigenvalue weighted by Gasteiger charge is 2.27. The summed E-state index contributed by atoms with van der Waals surface area (Å²) in [5.41, 5.74) is 0.510. The van der Waals surface area contributed by atoms with Crippen LogP contribution in [0.1, 0.15) is 26.7 Å². The van der Waals surface area contributed by atoms with E-state index in [1.54, 1.807) is 17.0 Å². The van der Waals surface area contributed by atoms with E-state index in [4.69, 9.17) is 18.9 Å². The first-order valence-corrected chi connectivity index (χ1v) is 13.9. The first-order valence-electron chi connectivity index (χ1n) is 11.8. The van der Waals surface area contributed by atoms with Crippen molar-refractivity contribution in [2.24, 2.45) is 0 Å². The highest BCUT2D eigenvalue weighted by molar-refractivity contribution is 7.90. The molecule has 14 heteroatoms. The summed E-state index contributed by atoms with van der Waals surface area (Å²) in [4.78, 5) is 26.7. The van der Waals surface area contributed by atoms with Crippen molar-refractivity contribution in [3.63, 3.8) is 0 Å². The minimum absolute atomic E-state index is 0.0149. The van der Waals surface area contributed by atoms with E-state index in [0.29, 0.717) is 49.0 Å².